The highest BCUT2D eigenvalue weighted by molar-refractivity contribution is 6.29. The molecule has 0 aliphatic heterocycles. The molecule has 0 aromatic heterocycles. The Morgan fingerprint density at radius 1 is 1.50 bits per heavy atom. The maximum Gasteiger partial charge on any atom is 0.172 e. The first-order valence-corrected chi connectivity index (χ1v) is 3.99. The second kappa shape index (κ2) is 4.98. The molecule has 0 unspecified atom stereocenters. The van der Waals surface area contributed by atoms with Gasteiger partial charge in [-0.1, -0.05) is 17.3 Å². The predicted octanol–water partition coefficient (Wildman–Crippen LogP) is 1.46. The molecule has 0 aliphatic carbocycles. The van der Waals surface area contributed by atoms with Crippen LogP contribution in [-0.4, -0.2) is 22.5 Å². The second-order valence-corrected chi connectivity index (χ2v) is 2.69. The van der Waals surface area contributed by atoms with Gasteiger partial charge in [0.2, 0.25) is 0 Å². The Bertz CT molecular complexity index is 361. The van der Waals surface area contributed by atoms with E-state index < -0.39 is 0 Å². The summed E-state index contributed by atoms with van der Waals surface area (Å²) in [6.45, 7) is 1.94. The van der Waals surface area contributed by atoms with Crippen LogP contribution in [0.15, 0.2) is 34.4 Å². The summed E-state index contributed by atoms with van der Waals surface area (Å²) >= 11 is 0. The second-order valence-electron chi connectivity index (χ2n) is 2.69. The number of hydroxylamine groups is 1. The van der Waals surface area contributed by atoms with Crippen LogP contribution < -0.4 is 5.48 Å². The summed E-state index contributed by atoms with van der Waals surface area (Å²) in [7, 11) is 0. The van der Waals surface area contributed by atoms with Crippen molar-refractivity contribution in [2.24, 2.45) is 10.1 Å². The zero-order valence-electron chi connectivity index (χ0n) is 7.68. The summed E-state index contributed by atoms with van der Waals surface area (Å²) < 4.78 is 0. The first-order chi connectivity index (χ1) is 6.76. The molecule has 1 rings (SSSR count). The van der Waals surface area contributed by atoms with Gasteiger partial charge in [0.05, 0.1) is 5.69 Å². The average molecular weight is 193 g/mol. The van der Waals surface area contributed by atoms with Crippen LogP contribution in [0.4, 0.5) is 5.69 Å². The molecule has 1 aromatic rings. The van der Waals surface area contributed by atoms with E-state index >= 15 is 0 Å². The molecule has 0 radical (unpaired) electrons. The molecule has 0 spiro atoms. The summed E-state index contributed by atoms with van der Waals surface area (Å²) in [5.74, 6) is 0.0677. The van der Waals surface area contributed by atoms with Crippen molar-refractivity contribution < 1.29 is 10.4 Å². The molecule has 14 heavy (non-hydrogen) atoms. The Balaban J connectivity index is 2.94. The highest BCUT2D eigenvalue weighted by Gasteiger charge is 1.94. The van der Waals surface area contributed by atoms with E-state index in [4.69, 9.17) is 10.4 Å². The molecule has 0 bridgehead atoms. The lowest BCUT2D eigenvalue weighted by Gasteiger charge is -1.98. The number of hydrogen-bond acceptors (Lipinski definition) is 4. The van der Waals surface area contributed by atoms with Crippen LogP contribution in [0, 0.1) is 6.92 Å². The fraction of sp³-hybridized carbons (Fsp3) is 0.111. The molecule has 3 N–H and O–H groups in total. The normalized spacial score (nSPS) is 12.0. The first-order valence-electron chi connectivity index (χ1n) is 3.99. The Morgan fingerprint density at radius 2 is 2.29 bits per heavy atom. The van der Waals surface area contributed by atoms with Gasteiger partial charge in [-0.15, -0.1) is 0 Å². The zero-order chi connectivity index (χ0) is 10.4. The number of hydrogen-bond donors (Lipinski definition) is 3. The number of oxime groups is 1. The van der Waals surface area contributed by atoms with Crippen molar-refractivity contribution in [3.05, 3.63) is 29.8 Å². The molecule has 5 nitrogen and oxygen atoms in total. The van der Waals surface area contributed by atoms with E-state index in [2.05, 4.69) is 10.1 Å². The largest absolute Gasteiger partial charge is 0.411 e. The highest BCUT2D eigenvalue weighted by atomic mass is 16.5. The molecular weight excluding hydrogens is 182 g/mol. The van der Waals surface area contributed by atoms with Crippen molar-refractivity contribution >= 4 is 17.7 Å². The van der Waals surface area contributed by atoms with Crippen molar-refractivity contribution in [3.8, 4) is 0 Å². The van der Waals surface area contributed by atoms with Gasteiger partial charge in [0.1, 0.15) is 6.21 Å². The predicted molar refractivity (Wildman–Crippen MR) is 53.5 cm³/mol. The highest BCUT2D eigenvalue weighted by Crippen LogP contribution is 2.12. The fourth-order valence-corrected chi connectivity index (χ4v) is 0.974. The van der Waals surface area contributed by atoms with Gasteiger partial charge in [-0.05, 0) is 24.6 Å². The van der Waals surface area contributed by atoms with Gasteiger partial charge in [0, 0.05) is 0 Å². The molecule has 0 saturated heterocycles. The topological polar surface area (TPSA) is 77.2 Å². The van der Waals surface area contributed by atoms with Crippen molar-refractivity contribution in [1.82, 2.24) is 5.48 Å². The molecule has 0 fully saturated rings. The maximum absolute atomic E-state index is 8.60. The van der Waals surface area contributed by atoms with Crippen molar-refractivity contribution in [3.63, 3.8) is 0 Å². The Morgan fingerprint density at radius 3 is 2.86 bits per heavy atom. The minimum Gasteiger partial charge on any atom is -0.411 e. The van der Waals surface area contributed by atoms with Gasteiger partial charge in [0.15, 0.2) is 5.84 Å². The Labute approximate surface area is 81.4 Å². The molecule has 5 heteroatoms. The first kappa shape index (κ1) is 10.2. The summed E-state index contributed by atoms with van der Waals surface area (Å²) in [6, 6.07) is 7.39. The molecule has 0 atom stereocenters. The molecule has 74 valence electrons. The van der Waals surface area contributed by atoms with Crippen LogP contribution in [0.1, 0.15) is 5.56 Å². The lowest BCUT2D eigenvalue weighted by Crippen LogP contribution is -2.19. The number of amidine groups is 1. The van der Waals surface area contributed by atoms with E-state index in [9.17, 15) is 0 Å². The van der Waals surface area contributed by atoms with Crippen molar-refractivity contribution in [1.29, 1.82) is 0 Å². The van der Waals surface area contributed by atoms with Crippen LogP contribution in [0.3, 0.4) is 0 Å². The number of nitrogens with one attached hydrogen (secondary N) is 1. The van der Waals surface area contributed by atoms with E-state index in [0.717, 1.165) is 11.8 Å². The van der Waals surface area contributed by atoms with Crippen LogP contribution >= 0.6 is 0 Å². The van der Waals surface area contributed by atoms with Crippen LogP contribution in [0.2, 0.25) is 0 Å². The number of aliphatic imine (C=N–C) groups is 1. The summed E-state index contributed by atoms with van der Waals surface area (Å²) in [6.07, 6.45) is 1.00. The van der Waals surface area contributed by atoms with Crippen LogP contribution in [0.5, 0.6) is 0 Å². The number of rotatable bonds is 2. The lowest BCUT2D eigenvalue weighted by atomic mass is 10.2. The van der Waals surface area contributed by atoms with Gasteiger partial charge in [0.25, 0.3) is 0 Å². The minimum absolute atomic E-state index is 0.0677. The minimum atomic E-state index is 0.0677. The third-order valence-corrected chi connectivity index (χ3v) is 1.55. The number of benzene rings is 1. The monoisotopic (exact) mass is 193 g/mol. The Kier molecular flexibility index (Phi) is 3.63. The van der Waals surface area contributed by atoms with Gasteiger partial charge >= 0.3 is 0 Å². The van der Waals surface area contributed by atoms with E-state index in [-0.39, 0.29) is 5.84 Å². The third-order valence-electron chi connectivity index (χ3n) is 1.55. The van der Waals surface area contributed by atoms with E-state index in [1.807, 2.05) is 30.6 Å². The lowest BCUT2D eigenvalue weighted by molar-refractivity contribution is 0.236. The van der Waals surface area contributed by atoms with Crippen molar-refractivity contribution in [2.75, 3.05) is 0 Å². The standard InChI is InChI=1S/C9H11N3O2/c1-7-3-2-4-8(5-7)11-9(12-14)6-10-13/h2-6,13-14H,1H3,(H,11,12)/b10-6+. The smallest absolute Gasteiger partial charge is 0.172 e. The maximum atomic E-state index is 8.60. The molecular formula is C9H11N3O2. The van der Waals surface area contributed by atoms with Crippen LogP contribution in [0.25, 0.3) is 0 Å². The number of nitrogens with zero attached hydrogens (tertiary/aromatic N) is 2. The van der Waals surface area contributed by atoms with Gasteiger partial charge in [-0.25, -0.2) is 4.99 Å². The molecule has 0 amide bonds. The molecule has 0 aliphatic rings. The van der Waals surface area contributed by atoms with Crippen LogP contribution in [-0.2, 0) is 0 Å². The van der Waals surface area contributed by atoms with E-state index in [1.54, 1.807) is 6.07 Å². The summed E-state index contributed by atoms with van der Waals surface area (Å²) in [4.78, 5) is 3.97. The molecule has 0 saturated carbocycles. The van der Waals surface area contributed by atoms with E-state index in [1.165, 1.54) is 0 Å². The van der Waals surface area contributed by atoms with E-state index in [0.29, 0.717) is 5.69 Å². The van der Waals surface area contributed by atoms with Gasteiger partial charge < -0.3 is 5.21 Å². The SMILES string of the molecule is Cc1cccc(N=C(/C=N/O)NO)c1. The van der Waals surface area contributed by atoms with Crippen molar-refractivity contribution in [2.45, 2.75) is 6.92 Å². The van der Waals surface area contributed by atoms with Gasteiger partial charge in [-0.2, -0.15) is 0 Å². The summed E-state index contributed by atoms with van der Waals surface area (Å²) in [5.41, 5.74) is 3.54. The zero-order valence-corrected chi connectivity index (χ0v) is 7.68. The molecule has 1 aromatic carbocycles. The number of aryl methyl sites for hydroxylation is 1. The molecule has 0 heterocycles. The fourth-order valence-electron chi connectivity index (χ4n) is 0.974. The average Bonchev–Trinajstić information content (AvgIpc) is 2.17. The third kappa shape index (κ3) is 2.87. The Hall–Kier alpha value is -1.88. The van der Waals surface area contributed by atoms with Gasteiger partial charge in [-0.3, -0.25) is 10.7 Å². The quantitative estimate of drug-likeness (QED) is 0.288. The summed E-state index contributed by atoms with van der Waals surface area (Å²) in [5, 5.41) is 19.6.